The van der Waals surface area contributed by atoms with Gasteiger partial charge < -0.3 is 4.90 Å². The Hall–Kier alpha value is -0.350. The molecule has 1 aliphatic rings. The molecule has 0 bridgehead atoms. The molecule has 0 saturated carbocycles. The lowest BCUT2D eigenvalue weighted by Crippen LogP contribution is -2.29. The van der Waals surface area contributed by atoms with Crippen molar-refractivity contribution in [3.8, 4) is 0 Å². The predicted molar refractivity (Wildman–Crippen MR) is 66.8 cm³/mol. The number of rotatable bonds is 1. The van der Waals surface area contributed by atoms with Gasteiger partial charge in [-0.1, -0.05) is 22.9 Å². The zero-order valence-electron chi connectivity index (χ0n) is 8.87. The zero-order valence-corrected chi connectivity index (χ0v) is 11.3. The van der Waals surface area contributed by atoms with E-state index in [9.17, 15) is 4.79 Å². The second-order valence-electron chi connectivity index (χ2n) is 4.17. The highest BCUT2D eigenvalue weighted by Gasteiger charge is 2.31. The quantitative estimate of drug-likeness (QED) is 0.728. The van der Waals surface area contributed by atoms with Gasteiger partial charge >= 0.3 is 0 Å². The van der Waals surface area contributed by atoms with E-state index in [2.05, 4.69) is 22.9 Å². The maximum absolute atomic E-state index is 12.1. The molecule has 1 saturated heterocycles. The van der Waals surface area contributed by atoms with Crippen LogP contribution in [0.3, 0.4) is 0 Å². The van der Waals surface area contributed by atoms with Crippen molar-refractivity contribution in [2.45, 2.75) is 18.7 Å². The summed E-state index contributed by atoms with van der Waals surface area (Å²) in [5.41, 5.74) is 1.96. The Labute approximate surface area is 102 Å². The number of thiophene rings is 1. The Balaban J connectivity index is 2.13. The molecule has 0 aromatic carbocycles. The van der Waals surface area contributed by atoms with E-state index in [4.69, 9.17) is 0 Å². The number of amides is 1. The molecule has 2 nitrogen and oxygen atoms in total. The van der Waals surface area contributed by atoms with Crippen LogP contribution < -0.4 is 0 Å². The van der Waals surface area contributed by atoms with E-state index in [-0.39, 0.29) is 5.91 Å². The Kier molecular flexibility index (Phi) is 3.16. The third kappa shape index (κ3) is 2.11. The summed E-state index contributed by atoms with van der Waals surface area (Å²) in [6.07, 6.45) is 0. The van der Waals surface area contributed by atoms with Crippen LogP contribution >= 0.6 is 27.3 Å². The fourth-order valence-corrected chi connectivity index (χ4v) is 3.18. The molecule has 4 heteroatoms. The number of carbonyl (C=O) groups excluding carboxylic acids is 1. The number of halogens is 1. The minimum Gasteiger partial charge on any atom is -0.337 e. The predicted octanol–water partition coefficient (Wildman–Crippen LogP) is 2.91. The summed E-state index contributed by atoms with van der Waals surface area (Å²) in [6, 6.07) is 0. The number of hydrogen-bond acceptors (Lipinski definition) is 2. The van der Waals surface area contributed by atoms with E-state index in [1.165, 1.54) is 0 Å². The summed E-state index contributed by atoms with van der Waals surface area (Å²) in [6.45, 7) is 5.86. The van der Waals surface area contributed by atoms with Gasteiger partial charge in [0.15, 0.2) is 0 Å². The Morgan fingerprint density at radius 1 is 1.53 bits per heavy atom. The van der Waals surface area contributed by atoms with Crippen LogP contribution in [0.5, 0.6) is 0 Å². The molecule has 1 aliphatic heterocycles. The Morgan fingerprint density at radius 2 is 2.27 bits per heavy atom. The monoisotopic (exact) mass is 287 g/mol. The van der Waals surface area contributed by atoms with Crippen molar-refractivity contribution >= 4 is 33.2 Å². The Morgan fingerprint density at radius 3 is 2.73 bits per heavy atom. The largest absolute Gasteiger partial charge is 0.337 e. The van der Waals surface area contributed by atoms with Crippen molar-refractivity contribution in [2.24, 2.45) is 5.92 Å². The van der Waals surface area contributed by atoms with E-state index in [1.807, 2.05) is 22.6 Å². The van der Waals surface area contributed by atoms with Crippen molar-refractivity contribution in [1.82, 2.24) is 4.90 Å². The van der Waals surface area contributed by atoms with Gasteiger partial charge in [-0.15, -0.1) is 0 Å². The summed E-state index contributed by atoms with van der Waals surface area (Å²) < 4.78 is 0. The van der Waals surface area contributed by atoms with Gasteiger partial charge in [-0.2, -0.15) is 11.3 Å². The Bertz CT molecular complexity index is 366. The lowest BCUT2D eigenvalue weighted by Gasteiger charge is -2.15. The van der Waals surface area contributed by atoms with Crippen LogP contribution in [0, 0.1) is 12.8 Å². The molecule has 2 heterocycles. The lowest BCUT2D eigenvalue weighted by atomic mass is 10.2. The van der Waals surface area contributed by atoms with Gasteiger partial charge in [0.05, 0.1) is 5.56 Å². The molecule has 0 aliphatic carbocycles. The highest BCUT2D eigenvalue weighted by atomic mass is 79.9. The molecule has 1 amide bonds. The van der Waals surface area contributed by atoms with Gasteiger partial charge in [0.2, 0.25) is 0 Å². The fourth-order valence-electron chi connectivity index (χ4n) is 1.84. The highest BCUT2D eigenvalue weighted by Crippen LogP contribution is 2.25. The van der Waals surface area contributed by atoms with Crippen LogP contribution in [-0.4, -0.2) is 28.7 Å². The van der Waals surface area contributed by atoms with Crippen LogP contribution in [0.4, 0.5) is 0 Å². The van der Waals surface area contributed by atoms with Gasteiger partial charge in [0.25, 0.3) is 5.91 Å². The minimum atomic E-state index is 0.183. The summed E-state index contributed by atoms with van der Waals surface area (Å²) in [5, 5.41) is 3.97. The zero-order chi connectivity index (χ0) is 11.0. The molecule has 0 N–H and O–H groups in total. The van der Waals surface area contributed by atoms with Crippen LogP contribution in [0.15, 0.2) is 10.8 Å². The standard InChI is InChI=1S/C11H14BrNOS/c1-7-3-13(4-10(7)12)11(14)9-6-15-5-8(9)2/h5-7,10H,3-4H2,1-2H3. The van der Waals surface area contributed by atoms with Gasteiger partial charge in [0.1, 0.15) is 0 Å². The second kappa shape index (κ2) is 4.26. The van der Waals surface area contributed by atoms with E-state index in [1.54, 1.807) is 11.3 Å². The second-order valence-corrected chi connectivity index (χ2v) is 6.09. The maximum Gasteiger partial charge on any atom is 0.255 e. The number of alkyl halides is 1. The van der Waals surface area contributed by atoms with Gasteiger partial charge in [-0.3, -0.25) is 4.79 Å². The molecular weight excluding hydrogens is 274 g/mol. The van der Waals surface area contributed by atoms with Crippen molar-refractivity contribution in [3.63, 3.8) is 0 Å². The number of likely N-dealkylation sites (tertiary alicyclic amines) is 1. The van der Waals surface area contributed by atoms with Crippen LogP contribution in [0.1, 0.15) is 22.8 Å². The molecule has 2 unspecified atom stereocenters. The lowest BCUT2D eigenvalue weighted by molar-refractivity contribution is 0.0788. The third-order valence-electron chi connectivity index (χ3n) is 2.89. The SMILES string of the molecule is Cc1cscc1C(=O)N1CC(C)C(Br)C1. The molecule has 0 spiro atoms. The van der Waals surface area contributed by atoms with Crippen molar-refractivity contribution in [3.05, 3.63) is 21.9 Å². The van der Waals surface area contributed by atoms with Gasteiger partial charge in [-0.05, 0) is 23.8 Å². The molecule has 82 valence electrons. The van der Waals surface area contributed by atoms with E-state index >= 15 is 0 Å². The average Bonchev–Trinajstić information content (AvgIpc) is 2.74. The minimum absolute atomic E-state index is 0.183. The van der Waals surface area contributed by atoms with Crippen molar-refractivity contribution in [2.75, 3.05) is 13.1 Å². The molecule has 2 rings (SSSR count). The summed E-state index contributed by atoms with van der Waals surface area (Å²) in [5.74, 6) is 0.732. The van der Waals surface area contributed by atoms with Gasteiger partial charge in [0, 0.05) is 23.3 Å². The van der Waals surface area contributed by atoms with E-state index in [0.717, 1.165) is 24.2 Å². The number of carbonyl (C=O) groups is 1. The third-order valence-corrected chi connectivity index (χ3v) is 4.95. The molecule has 1 aromatic rings. The molecule has 1 fully saturated rings. The maximum atomic E-state index is 12.1. The smallest absolute Gasteiger partial charge is 0.255 e. The first-order valence-corrected chi connectivity index (χ1v) is 6.91. The first-order valence-electron chi connectivity index (χ1n) is 5.05. The first kappa shape index (κ1) is 11.1. The highest BCUT2D eigenvalue weighted by molar-refractivity contribution is 9.09. The first-order chi connectivity index (χ1) is 7.09. The number of hydrogen-bond donors (Lipinski definition) is 0. The number of aryl methyl sites for hydroxylation is 1. The topological polar surface area (TPSA) is 20.3 Å². The van der Waals surface area contributed by atoms with E-state index in [0.29, 0.717) is 10.7 Å². The summed E-state index contributed by atoms with van der Waals surface area (Å²) in [7, 11) is 0. The number of nitrogens with zero attached hydrogens (tertiary/aromatic N) is 1. The van der Waals surface area contributed by atoms with E-state index < -0.39 is 0 Å². The molecular formula is C11H14BrNOS. The summed E-state index contributed by atoms with van der Waals surface area (Å²) in [4.78, 5) is 14.5. The summed E-state index contributed by atoms with van der Waals surface area (Å²) >= 11 is 5.20. The van der Waals surface area contributed by atoms with Gasteiger partial charge in [-0.25, -0.2) is 0 Å². The molecule has 1 aromatic heterocycles. The fraction of sp³-hybridized carbons (Fsp3) is 0.545. The molecule has 0 radical (unpaired) electrons. The van der Waals surface area contributed by atoms with Crippen molar-refractivity contribution < 1.29 is 4.79 Å². The normalized spacial score (nSPS) is 25.9. The van der Waals surface area contributed by atoms with Crippen LogP contribution in [0.2, 0.25) is 0 Å². The van der Waals surface area contributed by atoms with Crippen molar-refractivity contribution in [1.29, 1.82) is 0 Å². The van der Waals surface area contributed by atoms with Crippen LogP contribution in [0.25, 0.3) is 0 Å². The molecule has 15 heavy (non-hydrogen) atoms. The molecule has 2 atom stereocenters. The van der Waals surface area contributed by atoms with Crippen LogP contribution in [-0.2, 0) is 0 Å². The average molecular weight is 288 g/mol.